The number of ether oxygens (including phenoxy) is 3. The van der Waals surface area contributed by atoms with Crippen LogP contribution in [-0.2, 0) is 29.5 Å². The summed E-state index contributed by atoms with van der Waals surface area (Å²) in [4.78, 5) is 24.9. The van der Waals surface area contributed by atoms with Crippen LogP contribution in [0.15, 0.2) is 30.3 Å². The molecule has 8 nitrogen and oxygen atoms in total. The SMILES string of the molecule is COc1ccc(CCn2c(C)cc(C(=O)COC(=O)/C=C/c3c(C)nn(C)c3Cl)c2C)cc1OC. The number of benzene rings is 1. The van der Waals surface area contributed by atoms with Crippen molar-refractivity contribution in [2.45, 2.75) is 33.7 Å². The third-order valence-electron chi connectivity index (χ3n) is 5.87. The van der Waals surface area contributed by atoms with Gasteiger partial charge in [-0.25, -0.2) is 4.79 Å². The van der Waals surface area contributed by atoms with Crippen LogP contribution < -0.4 is 9.47 Å². The Morgan fingerprint density at radius 2 is 1.80 bits per heavy atom. The Hall–Kier alpha value is -3.52. The number of carbonyl (C=O) groups excluding carboxylic acids is 2. The third kappa shape index (κ3) is 5.95. The number of Topliss-reactive ketones (excluding diaryl/α,β-unsaturated/α-hetero) is 1. The second-order valence-corrected chi connectivity index (χ2v) is 8.51. The van der Waals surface area contributed by atoms with E-state index in [0.29, 0.717) is 40.0 Å². The summed E-state index contributed by atoms with van der Waals surface area (Å²) in [5, 5.41) is 4.61. The fraction of sp³-hybridized carbons (Fsp3) is 0.346. The van der Waals surface area contributed by atoms with E-state index in [1.165, 1.54) is 16.8 Å². The van der Waals surface area contributed by atoms with Crippen molar-refractivity contribution in [2.75, 3.05) is 20.8 Å². The van der Waals surface area contributed by atoms with Crippen LogP contribution >= 0.6 is 11.6 Å². The second kappa shape index (κ2) is 11.3. The summed E-state index contributed by atoms with van der Waals surface area (Å²) in [6, 6.07) is 7.65. The van der Waals surface area contributed by atoms with Crippen LogP contribution in [0.2, 0.25) is 5.15 Å². The van der Waals surface area contributed by atoms with E-state index in [4.69, 9.17) is 25.8 Å². The van der Waals surface area contributed by atoms with E-state index >= 15 is 0 Å². The van der Waals surface area contributed by atoms with Crippen LogP contribution in [0.25, 0.3) is 6.08 Å². The van der Waals surface area contributed by atoms with Crippen molar-refractivity contribution in [3.05, 3.63) is 69.3 Å². The molecule has 0 radical (unpaired) electrons. The molecule has 0 aliphatic heterocycles. The lowest BCUT2D eigenvalue weighted by atomic mass is 10.1. The highest BCUT2D eigenvalue weighted by atomic mass is 35.5. The molecule has 9 heteroatoms. The average Bonchev–Trinajstić information content (AvgIpc) is 3.26. The molecule has 0 fully saturated rings. The number of aryl methyl sites for hydroxylation is 4. The van der Waals surface area contributed by atoms with Gasteiger partial charge < -0.3 is 18.8 Å². The standard InChI is InChI=1S/C26H30ClN3O5/c1-16-13-21(18(3)30(16)12-11-19-7-9-23(33-5)24(14-19)34-6)22(31)15-35-25(32)10-8-20-17(2)28-29(4)26(20)27/h7-10,13-14H,11-12,15H2,1-6H3/b10-8+. The number of nitrogens with zero attached hydrogens (tertiary/aromatic N) is 3. The van der Waals surface area contributed by atoms with Gasteiger partial charge in [-0.1, -0.05) is 17.7 Å². The molecule has 0 amide bonds. The van der Waals surface area contributed by atoms with Gasteiger partial charge in [-0.3, -0.25) is 9.48 Å². The molecule has 2 heterocycles. The van der Waals surface area contributed by atoms with Crippen LogP contribution in [0.1, 0.15) is 38.6 Å². The Morgan fingerprint density at radius 1 is 1.09 bits per heavy atom. The number of ketones is 1. The molecule has 3 aromatic rings. The first-order chi connectivity index (χ1) is 16.7. The maximum absolute atomic E-state index is 12.8. The fourth-order valence-electron chi connectivity index (χ4n) is 3.95. The lowest BCUT2D eigenvalue weighted by Gasteiger charge is -2.12. The van der Waals surface area contributed by atoms with Gasteiger partial charge in [0.1, 0.15) is 5.15 Å². The van der Waals surface area contributed by atoms with E-state index in [2.05, 4.69) is 9.67 Å². The predicted octanol–water partition coefficient (Wildman–Crippen LogP) is 4.50. The van der Waals surface area contributed by atoms with Gasteiger partial charge in [-0.15, -0.1) is 0 Å². The maximum Gasteiger partial charge on any atom is 0.331 e. The van der Waals surface area contributed by atoms with Crippen molar-refractivity contribution in [1.82, 2.24) is 14.3 Å². The molecule has 0 saturated heterocycles. The summed E-state index contributed by atoms with van der Waals surface area (Å²) in [6.45, 7) is 5.98. The van der Waals surface area contributed by atoms with E-state index < -0.39 is 5.97 Å². The quantitative estimate of drug-likeness (QED) is 0.232. The second-order valence-electron chi connectivity index (χ2n) is 8.15. The van der Waals surface area contributed by atoms with Gasteiger partial charge in [-0.2, -0.15) is 5.10 Å². The molecule has 0 N–H and O–H groups in total. The maximum atomic E-state index is 12.8. The van der Waals surface area contributed by atoms with Crippen LogP contribution in [-0.4, -0.2) is 46.9 Å². The van der Waals surface area contributed by atoms with Crippen LogP contribution in [0.4, 0.5) is 0 Å². The Bertz CT molecular complexity index is 1270. The minimum absolute atomic E-state index is 0.257. The third-order valence-corrected chi connectivity index (χ3v) is 6.32. The van der Waals surface area contributed by atoms with Crippen molar-refractivity contribution in [1.29, 1.82) is 0 Å². The summed E-state index contributed by atoms with van der Waals surface area (Å²) < 4.78 is 19.4. The minimum Gasteiger partial charge on any atom is -0.493 e. The number of halogens is 1. The van der Waals surface area contributed by atoms with Crippen molar-refractivity contribution in [3.8, 4) is 11.5 Å². The van der Waals surface area contributed by atoms with Crippen molar-refractivity contribution >= 4 is 29.4 Å². The van der Waals surface area contributed by atoms with Gasteiger partial charge in [0, 0.05) is 42.2 Å². The molecule has 186 valence electrons. The van der Waals surface area contributed by atoms with Crippen molar-refractivity contribution < 1.29 is 23.8 Å². The number of aromatic nitrogens is 3. The Morgan fingerprint density at radius 3 is 2.43 bits per heavy atom. The van der Waals surface area contributed by atoms with Gasteiger partial charge in [0.2, 0.25) is 5.78 Å². The van der Waals surface area contributed by atoms with Gasteiger partial charge in [0.25, 0.3) is 0 Å². The van der Waals surface area contributed by atoms with Gasteiger partial charge in [-0.05, 0) is 57.0 Å². The van der Waals surface area contributed by atoms with Crippen LogP contribution in [0.5, 0.6) is 11.5 Å². The Labute approximate surface area is 210 Å². The van der Waals surface area contributed by atoms with E-state index in [1.54, 1.807) is 28.2 Å². The number of carbonyl (C=O) groups is 2. The van der Waals surface area contributed by atoms with Crippen molar-refractivity contribution in [2.24, 2.45) is 7.05 Å². The smallest absolute Gasteiger partial charge is 0.331 e. The zero-order valence-electron chi connectivity index (χ0n) is 20.8. The van der Waals surface area contributed by atoms with Gasteiger partial charge in [0.15, 0.2) is 18.1 Å². The first-order valence-electron chi connectivity index (χ1n) is 11.1. The highest BCUT2D eigenvalue weighted by Crippen LogP contribution is 2.28. The predicted molar refractivity (Wildman–Crippen MR) is 134 cm³/mol. The van der Waals surface area contributed by atoms with Gasteiger partial charge in [0.05, 0.1) is 19.9 Å². The molecule has 2 aromatic heterocycles. The largest absolute Gasteiger partial charge is 0.493 e. The summed E-state index contributed by atoms with van der Waals surface area (Å²) >= 11 is 6.16. The summed E-state index contributed by atoms with van der Waals surface area (Å²) in [5.41, 5.74) is 4.75. The topological polar surface area (TPSA) is 84.6 Å². The molecule has 0 atom stereocenters. The highest BCUT2D eigenvalue weighted by Gasteiger charge is 2.17. The van der Waals surface area contributed by atoms with E-state index in [-0.39, 0.29) is 12.4 Å². The zero-order valence-corrected chi connectivity index (χ0v) is 21.6. The molecule has 0 unspecified atom stereocenters. The lowest BCUT2D eigenvalue weighted by Crippen LogP contribution is -2.14. The summed E-state index contributed by atoms with van der Waals surface area (Å²) in [6.07, 6.45) is 3.54. The number of rotatable bonds is 10. The molecule has 0 saturated carbocycles. The molecule has 0 bridgehead atoms. The first-order valence-corrected chi connectivity index (χ1v) is 11.5. The molecular formula is C26H30ClN3O5. The van der Waals surface area contributed by atoms with Gasteiger partial charge >= 0.3 is 5.97 Å². The number of methoxy groups -OCH3 is 2. The normalized spacial score (nSPS) is 11.2. The molecule has 0 aliphatic carbocycles. The highest BCUT2D eigenvalue weighted by molar-refractivity contribution is 6.31. The number of hydrogen-bond donors (Lipinski definition) is 0. The molecule has 0 spiro atoms. The Kier molecular flexibility index (Phi) is 8.40. The van der Waals surface area contributed by atoms with Crippen LogP contribution in [0.3, 0.4) is 0 Å². The molecule has 1 aromatic carbocycles. The summed E-state index contributed by atoms with van der Waals surface area (Å²) in [5.74, 6) is 0.479. The number of esters is 1. The summed E-state index contributed by atoms with van der Waals surface area (Å²) in [7, 11) is 4.93. The molecule has 35 heavy (non-hydrogen) atoms. The lowest BCUT2D eigenvalue weighted by molar-refractivity contribution is -0.136. The Balaban J connectivity index is 1.62. The van der Waals surface area contributed by atoms with Crippen LogP contribution in [0, 0.1) is 20.8 Å². The van der Waals surface area contributed by atoms with E-state index in [9.17, 15) is 9.59 Å². The van der Waals surface area contributed by atoms with E-state index in [0.717, 1.165) is 23.4 Å². The minimum atomic E-state index is -0.625. The first kappa shape index (κ1) is 26.1. The molecule has 3 rings (SSSR count). The molecular weight excluding hydrogens is 470 g/mol. The number of hydrogen-bond acceptors (Lipinski definition) is 6. The van der Waals surface area contributed by atoms with Crippen molar-refractivity contribution in [3.63, 3.8) is 0 Å². The monoisotopic (exact) mass is 499 g/mol. The van der Waals surface area contributed by atoms with E-state index in [1.807, 2.05) is 38.1 Å². The average molecular weight is 500 g/mol. The molecule has 0 aliphatic rings. The zero-order chi connectivity index (χ0) is 25.7. The fourth-order valence-corrected chi connectivity index (χ4v) is 4.19.